The fourth-order valence-corrected chi connectivity index (χ4v) is 4.39. The van der Waals surface area contributed by atoms with Gasteiger partial charge in [0.25, 0.3) is 0 Å². The molecule has 168 valence electrons. The Bertz CT molecular complexity index is 894. The van der Waals surface area contributed by atoms with E-state index in [1.165, 1.54) is 23.9 Å². The van der Waals surface area contributed by atoms with Crippen molar-refractivity contribution in [3.63, 3.8) is 0 Å². The fourth-order valence-electron chi connectivity index (χ4n) is 3.05. The Morgan fingerprint density at radius 1 is 1.13 bits per heavy atom. The van der Waals surface area contributed by atoms with Crippen LogP contribution in [0.25, 0.3) is 0 Å². The van der Waals surface area contributed by atoms with E-state index >= 15 is 0 Å². The minimum Gasteiger partial charge on any atom is -0.352 e. The van der Waals surface area contributed by atoms with Crippen molar-refractivity contribution >= 4 is 46.8 Å². The number of halogens is 3. The Labute approximate surface area is 197 Å². The van der Waals surface area contributed by atoms with E-state index in [1.54, 1.807) is 35.2 Å². The highest BCUT2D eigenvalue weighted by Crippen LogP contribution is 2.24. The maximum absolute atomic E-state index is 13.2. The number of hydrogen-bond acceptors (Lipinski definition) is 3. The van der Waals surface area contributed by atoms with Gasteiger partial charge in [0.1, 0.15) is 11.9 Å². The van der Waals surface area contributed by atoms with Crippen molar-refractivity contribution in [2.24, 2.45) is 0 Å². The van der Waals surface area contributed by atoms with Gasteiger partial charge in [0.15, 0.2) is 0 Å². The van der Waals surface area contributed by atoms with Gasteiger partial charge in [-0.2, -0.15) is 0 Å². The van der Waals surface area contributed by atoms with Crippen molar-refractivity contribution < 1.29 is 14.0 Å². The molecule has 31 heavy (non-hydrogen) atoms. The molecule has 2 aromatic carbocycles. The second-order valence-corrected chi connectivity index (χ2v) is 9.29. The molecule has 0 saturated carbocycles. The average Bonchev–Trinajstić information content (AvgIpc) is 2.70. The molecule has 1 N–H and O–H groups in total. The summed E-state index contributed by atoms with van der Waals surface area (Å²) in [6.07, 6.45) is 0.470. The number of benzene rings is 2. The monoisotopic (exact) mass is 484 g/mol. The number of nitrogens with zero attached hydrogens (tertiary/aromatic N) is 1. The standard InChI is InChI=1S/C23H27Cl2FN2O2S/c1-4-21(23(30)27-15(2)3)28(12-17-7-8-18(24)11-20(17)25)22(29)14-31-13-16-5-9-19(26)10-6-16/h5-11,15,21H,4,12-14H2,1-3H3,(H,27,30)/t21-/m1/s1. The van der Waals surface area contributed by atoms with Crippen LogP contribution in [0.2, 0.25) is 10.0 Å². The van der Waals surface area contributed by atoms with Gasteiger partial charge in [-0.3, -0.25) is 9.59 Å². The first-order chi connectivity index (χ1) is 14.7. The lowest BCUT2D eigenvalue weighted by Gasteiger charge is -2.31. The van der Waals surface area contributed by atoms with Crippen molar-refractivity contribution in [2.75, 3.05) is 5.75 Å². The van der Waals surface area contributed by atoms with Crippen LogP contribution in [-0.2, 0) is 21.9 Å². The SMILES string of the molecule is CC[C@H](C(=O)NC(C)C)N(Cc1ccc(Cl)cc1Cl)C(=O)CSCc1ccc(F)cc1. The van der Waals surface area contributed by atoms with Crippen LogP contribution in [0, 0.1) is 5.82 Å². The number of thioether (sulfide) groups is 1. The summed E-state index contributed by atoms with van der Waals surface area (Å²) in [5.74, 6) is 0.103. The van der Waals surface area contributed by atoms with Crippen LogP contribution < -0.4 is 5.32 Å². The molecule has 8 heteroatoms. The third-order valence-corrected chi connectivity index (χ3v) is 6.16. The summed E-state index contributed by atoms with van der Waals surface area (Å²) in [4.78, 5) is 27.5. The maximum atomic E-state index is 13.2. The number of nitrogens with one attached hydrogen (secondary N) is 1. The quantitative estimate of drug-likeness (QED) is 0.470. The highest BCUT2D eigenvalue weighted by Gasteiger charge is 2.29. The largest absolute Gasteiger partial charge is 0.352 e. The fraction of sp³-hybridized carbons (Fsp3) is 0.391. The van der Waals surface area contributed by atoms with Crippen LogP contribution in [0.15, 0.2) is 42.5 Å². The van der Waals surface area contributed by atoms with Crippen molar-refractivity contribution in [1.82, 2.24) is 10.2 Å². The Morgan fingerprint density at radius 2 is 1.81 bits per heavy atom. The molecule has 0 aliphatic heterocycles. The molecule has 0 radical (unpaired) electrons. The highest BCUT2D eigenvalue weighted by molar-refractivity contribution is 7.99. The number of amides is 2. The molecule has 0 aliphatic carbocycles. The van der Waals surface area contributed by atoms with E-state index in [1.807, 2.05) is 20.8 Å². The summed E-state index contributed by atoms with van der Waals surface area (Å²) < 4.78 is 13.1. The first-order valence-electron chi connectivity index (χ1n) is 10.1. The molecule has 0 spiro atoms. The van der Waals surface area contributed by atoms with Gasteiger partial charge in [-0.05, 0) is 55.7 Å². The molecule has 0 aliphatic rings. The number of carbonyl (C=O) groups is 2. The van der Waals surface area contributed by atoms with E-state index < -0.39 is 6.04 Å². The van der Waals surface area contributed by atoms with Gasteiger partial charge in [0.05, 0.1) is 5.75 Å². The van der Waals surface area contributed by atoms with E-state index in [4.69, 9.17) is 23.2 Å². The zero-order valence-electron chi connectivity index (χ0n) is 17.8. The summed E-state index contributed by atoms with van der Waals surface area (Å²) in [6.45, 7) is 5.84. The highest BCUT2D eigenvalue weighted by atomic mass is 35.5. The first-order valence-corrected chi connectivity index (χ1v) is 12.0. The third-order valence-electron chi connectivity index (χ3n) is 4.58. The Hall–Kier alpha value is -1.76. The van der Waals surface area contributed by atoms with Crippen LogP contribution in [0.4, 0.5) is 4.39 Å². The molecule has 4 nitrogen and oxygen atoms in total. The van der Waals surface area contributed by atoms with Crippen LogP contribution in [0.5, 0.6) is 0 Å². The number of rotatable bonds is 10. The van der Waals surface area contributed by atoms with Crippen LogP contribution in [0.1, 0.15) is 38.3 Å². The molecule has 0 fully saturated rings. The van der Waals surface area contributed by atoms with E-state index in [-0.39, 0.29) is 36.0 Å². The van der Waals surface area contributed by atoms with Crippen LogP contribution in [-0.4, -0.2) is 34.6 Å². The summed E-state index contributed by atoms with van der Waals surface area (Å²) in [7, 11) is 0. The maximum Gasteiger partial charge on any atom is 0.243 e. The van der Waals surface area contributed by atoms with E-state index in [9.17, 15) is 14.0 Å². The van der Waals surface area contributed by atoms with Gasteiger partial charge in [0, 0.05) is 28.4 Å². The lowest BCUT2D eigenvalue weighted by molar-refractivity contribution is -0.139. The van der Waals surface area contributed by atoms with Gasteiger partial charge in [-0.15, -0.1) is 11.8 Å². The molecular weight excluding hydrogens is 458 g/mol. The molecule has 0 aromatic heterocycles. The second kappa shape index (κ2) is 12.3. The van der Waals surface area contributed by atoms with Crippen molar-refractivity contribution in [1.29, 1.82) is 0 Å². The Morgan fingerprint density at radius 3 is 2.39 bits per heavy atom. The molecule has 0 heterocycles. The van der Waals surface area contributed by atoms with Crippen molar-refractivity contribution in [3.05, 3.63) is 69.5 Å². The molecular formula is C23H27Cl2FN2O2S. The summed E-state index contributed by atoms with van der Waals surface area (Å²) in [5, 5.41) is 3.85. The zero-order chi connectivity index (χ0) is 23.0. The molecule has 0 unspecified atom stereocenters. The number of hydrogen-bond donors (Lipinski definition) is 1. The summed E-state index contributed by atoms with van der Waals surface area (Å²) >= 11 is 13.7. The number of carbonyl (C=O) groups excluding carboxylic acids is 2. The van der Waals surface area contributed by atoms with Gasteiger partial charge < -0.3 is 10.2 Å². The summed E-state index contributed by atoms with van der Waals surface area (Å²) in [6, 6.07) is 10.6. The lowest BCUT2D eigenvalue weighted by atomic mass is 10.1. The predicted molar refractivity (Wildman–Crippen MR) is 127 cm³/mol. The minimum atomic E-state index is -0.618. The van der Waals surface area contributed by atoms with Gasteiger partial charge in [0.2, 0.25) is 11.8 Å². The third kappa shape index (κ3) is 8.02. The second-order valence-electron chi connectivity index (χ2n) is 7.46. The first kappa shape index (κ1) is 25.5. The molecule has 2 amide bonds. The van der Waals surface area contributed by atoms with Crippen molar-refractivity contribution in [3.8, 4) is 0 Å². The summed E-state index contributed by atoms with van der Waals surface area (Å²) in [5.41, 5.74) is 1.65. The Balaban J connectivity index is 2.16. The molecule has 2 aromatic rings. The van der Waals surface area contributed by atoms with Crippen LogP contribution >= 0.6 is 35.0 Å². The molecule has 2 rings (SSSR count). The smallest absolute Gasteiger partial charge is 0.243 e. The van der Waals surface area contributed by atoms with E-state index in [2.05, 4.69) is 5.32 Å². The lowest BCUT2D eigenvalue weighted by Crippen LogP contribution is -2.51. The van der Waals surface area contributed by atoms with E-state index in [0.29, 0.717) is 22.2 Å². The predicted octanol–water partition coefficient (Wildman–Crippen LogP) is 5.70. The Kier molecular flexibility index (Phi) is 10.1. The van der Waals surface area contributed by atoms with Gasteiger partial charge in [-0.25, -0.2) is 4.39 Å². The van der Waals surface area contributed by atoms with E-state index in [0.717, 1.165) is 11.1 Å². The van der Waals surface area contributed by atoms with Crippen LogP contribution in [0.3, 0.4) is 0 Å². The molecule has 1 atom stereocenters. The minimum absolute atomic E-state index is 0.0366. The molecule has 0 saturated heterocycles. The normalized spacial score (nSPS) is 12.0. The average molecular weight is 485 g/mol. The van der Waals surface area contributed by atoms with Crippen molar-refractivity contribution in [2.45, 2.75) is 51.6 Å². The van der Waals surface area contributed by atoms with Gasteiger partial charge >= 0.3 is 0 Å². The molecule has 0 bridgehead atoms. The van der Waals surface area contributed by atoms with Gasteiger partial charge in [-0.1, -0.05) is 48.3 Å². The topological polar surface area (TPSA) is 49.4 Å². The zero-order valence-corrected chi connectivity index (χ0v) is 20.2.